The summed E-state index contributed by atoms with van der Waals surface area (Å²) in [6, 6.07) is 9.76. The van der Waals surface area contributed by atoms with Crippen LogP contribution in [0.2, 0.25) is 5.02 Å². The Morgan fingerprint density at radius 3 is 2.75 bits per heavy atom. The van der Waals surface area contributed by atoms with E-state index in [-0.39, 0.29) is 0 Å². The zero-order valence-electron chi connectivity index (χ0n) is 9.29. The molecule has 0 saturated carbocycles. The molecule has 0 fully saturated rings. The summed E-state index contributed by atoms with van der Waals surface area (Å²) in [6.45, 7) is 4.03. The van der Waals surface area contributed by atoms with Gasteiger partial charge in [-0.2, -0.15) is 0 Å². The number of aromatic nitrogens is 1. The Morgan fingerprint density at radius 1 is 1.19 bits per heavy atom. The van der Waals surface area contributed by atoms with Crippen molar-refractivity contribution in [1.82, 2.24) is 4.98 Å². The maximum atomic E-state index is 6.05. The van der Waals surface area contributed by atoms with Crippen LogP contribution in [0.15, 0.2) is 36.5 Å². The molecule has 2 nitrogen and oxygen atoms in total. The molecule has 1 N–H and O–H groups in total. The number of halogens is 1. The average Bonchev–Trinajstić information content (AvgIpc) is 2.25. The zero-order chi connectivity index (χ0) is 11.5. The summed E-state index contributed by atoms with van der Waals surface area (Å²) in [6.07, 6.45) is 1.79. The van der Waals surface area contributed by atoms with E-state index in [1.807, 2.05) is 44.2 Å². The molecule has 1 aromatic carbocycles. The number of rotatable bonds is 2. The summed E-state index contributed by atoms with van der Waals surface area (Å²) < 4.78 is 0. The van der Waals surface area contributed by atoms with Gasteiger partial charge in [0.15, 0.2) is 0 Å². The highest BCUT2D eigenvalue weighted by Crippen LogP contribution is 2.25. The summed E-state index contributed by atoms with van der Waals surface area (Å²) >= 11 is 6.05. The molecular weight excluding hydrogens is 220 g/mol. The van der Waals surface area contributed by atoms with Crippen molar-refractivity contribution in [3.8, 4) is 0 Å². The molecule has 0 saturated heterocycles. The van der Waals surface area contributed by atoms with E-state index in [2.05, 4.69) is 10.3 Å². The summed E-state index contributed by atoms with van der Waals surface area (Å²) in [5, 5.41) is 4.02. The van der Waals surface area contributed by atoms with Crippen LogP contribution in [-0.4, -0.2) is 4.98 Å². The third-order valence-electron chi connectivity index (χ3n) is 2.45. The highest BCUT2D eigenvalue weighted by atomic mass is 35.5. The molecule has 0 aliphatic carbocycles. The molecule has 2 aromatic rings. The number of pyridine rings is 1. The molecule has 3 heteroatoms. The summed E-state index contributed by atoms with van der Waals surface area (Å²) in [7, 11) is 0. The highest BCUT2D eigenvalue weighted by Gasteiger charge is 2.02. The lowest BCUT2D eigenvalue weighted by Crippen LogP contribution is -1.96. The van der Waals surface area contributed by atoms with Crippen LogP contribution in [0.25, 0.3) is 0 Å². The molecular formula is C13H13ClN2. The van der Waals surface area contributed by atoms with Gasteiger partial charge >= 0.3 is 0 Å². The molecule has 16 heavy (non-hydrogen) atoms. The van der Waals surface area contributed by atoms with Gasteiger partial charge in [-0.1, -0.05) is 17.7 Å². The first-order valence-corrected chi connectivity index (χ1v) is 5.49. The second-order valence-corrected chi connectivity index (χ2v) is 4.16. The van der Waals surface area contributed by atoms with Crippen LogP contribution in [0.1, 0.15) is 11.1 Å². The first-order valence-electron chi connectivity index (χ1n) is 5.11. The minimum absolute atomic E-state index is 0.762. The van der Waals surface area contributed by atoms with Gasteiger partial charge in [0.2, 0.25) is 0 Å². The molecule has 0 spiro atoms. The molecule has 1 heterocycles. The van der Waals surface area contributed by atoms with Crippen molar-refractivity contribution in [3.63, 3.8) is 0 Å². The van der Waals surface area contributed by atoms with Gasteiger partial charge in [0.25, 0.3) is 0 Å². The van der Waals surface area contributed by atoms with Crippen molar-refractivity contribution in [2.45, 2.75) is 13.8 Å². The predicted molar refractivity (Wildman–Crippen MR) is 68.4 cm³/mol. The molecule has 0 aliphatic heterocycles. The van der Waals surface area contributed by atoms with E-state index < -0.39 is 0 Å². The van der Waals surface area contributed by atoms with Gasteiger partial charge in [0, 0.05) is 16.9 Å². The normalized spacial score (nSPS) is 10.2. The van der Waals surface area contributed by atoms with E-state index in [1.54, 1.807) is 6.20 Å². The van der Waals surface area contributed by atoms with Crippen LogP contribution in [0, 0.1) is 13.8 Å². The van der Waals surface area contributed by atoms with Gasteiger partial charge in [0.05, 0.1) is 0 Å². The molecule has 0 amide bonds. The van der Waals surface area contributed by atoms with Crippen LogP contribution < -0.4 is 5.32 Å². The van der Waals surface area contributed by atoms with E-state index in [9.17, 15) is 0 Å². The van der Waals surface area contributed by atoms with Gasteiger partial charge in [-0.3, -0.25) is 0 Å². The maximum absolute atomic E-state index is 6.05. The average molecular weight is 233 g/mol. The standard InChI is InChI=1S/C13H13ClN2/c1-9-6-7-15-13(8-9)16-12-5-3-4-11(14)10(12)2/h3-8H,1-2H3,(H,15,16). The monoisotopic (exact) mass is 232 g/mol. The number of benzene rings is 1. The largest absolute Gasteiger partial charge is 0.340 e. The zero-order valence-corrected chi connectivity index (χ0v) is 10.0. The van der Waals surface area contributed by atoms with Crippen LogP contribution in [0.5, 0.6) is 0 Å². The van der Waals surface area contributed by atoms with Gasteiger partial charge in [-0.05, 0) is 49.2 Å². The van der Waals surface area contributed by atoms with Crippen molar-refractivity contribution in [1.29, 1.82) is 0 Å². The summed E-state index contributed by atoms with van der Waals surface area (Å²) in [4.78, 5) is 4.25. The quantitative estimate of drug-likeness (QED) is 0.844. The first kappa shape index (κ1) is 11.0. The molecule has 0 bridgehead atoms. The van der Waals surface area contributed by atoms with Crippen molar-refractivity contribution in [2.24, 2.45) is 0 Å². The SMILES string of the molecule is Cc1ccnc(Nc2cccc(Cl)c2C)c1. The lowest BCUT2D eigenvalue weighted by molar-refractivity contribution is 1.27. The molecule has 0 atom stereocenters. The van der Waals surface area contributed by atoms with Gasteiger partial charge in [-0.15, -0.1) is 0 Å². The number of hydrogen-bond acceptors (Lipinski definition) is 2. The molecule has 82 valence electrons. The fourth-order valence-corrected chi connectivity index (χ4v) is 1.66. The van der Waals surface area contributed by atoms with Gasteiger partial charge < -0.3 is 5.32 Å². The molecule has 1 aromatic heterocycles. The minimum Gasteiger partial charge on any atom is -0.340 e. The number of nitrogens with zero attached hydrogens (tertiary/aromatic N) is 1. The third kappa shape index (κ3) is 2.34. The summed E-state index contributed by atoms with van der Waals surface area (Å²) in [5.74, 6) is 0.838. The minimum atomic E-state index is 0.762. The van der Waals surface area contributed by atoms with E-state index >= 15 is 0 Å². The maximum Gasteiger partial charge on any atom is 0.130 e. The fourth-order valence-electron chi connectivity index (χ4n) is 1.49. The van der Waals surface area contributed by atoms with E-state index in [0.29, 0.717) is 0 Å². The smallest absolute Gasteiger partial charge is 0.130 e. The number of nitrogens with one attached hydrogen (secondary N) is 1. The van der Waals surface area contributed by atoms with Crippen molar-refractivity contribution in [3.05, 3.63) is 52.7 Å². The lowest BCUT2D eigenvalue weighted by atomic mass is 10.2. The van der Waals surface area contributed by atoms with Crippen LogP contribution in [0.3, 0.4) is 0 Å². The van der Waals surface area contributed by atoms with Crippen molar-refractivity contribution >= 4 is 23.1 Å². The molecule has 0 aliphatic rings. The van der Waals surface area contributed by atoms with Crippen LogP contribution in [0.4, 0.5) is 11.5 Å². The fraction of sp³-hybridized carbons (Fsp3) is 0.154. The Hall–Kier alpha value is -1.54. The van der Waals surface area contributed by atoms with Crippen LogP contribution in [-0.2, 0) is 0 Å². The Bertz CT molecular complexity index is 509. The van der Waals surface area contributed by atoms with Crippen LogP contribution >= 0.6 is 11.6 Å². The Morgan fingerprint density at radius 2 is 2.00 bits per heavy atom. The second-order valence-electron chi connectivity index (χ2n) is 3.76. The Balaban J connectivity index is 2.31. The van der Waals surface area contributed by atoms with Gasteiger partial charge in [-0.25, -0.2) is 4.98 Å². The number of hydrogen-bond donors (Lipinski definition) is 1. The summed E-state index contributed by atoms with van der Waals surface area (Å²) in [5.41, 5.74) is 3.20. The predicted octanol–water partition coefficient (Wildman–Crippen LogP) is 4.10. The molecule has 0 unspecified atom stereocenters. The van der Waals surface area contributed by atoms with E-state index in [4.69, 9.17) is 11.6 Å². The topological polar surface area (TPSA) is 24.9 Å². The van der Waals surface area contributed by atoms with E-state index in [1.165, 1.54) is 5.56 Å². The first-order chi connectivity index (χ1) is 7.66. The van der Waals surface area contributed by atoms with E-state index in [0.717, 1.165) is 22.1 Å². The number of anilines is 2. The molecule has 2 rings (SSSR count). The Kier molecular flexibility index (Phi) is 3.11. The van der Waals surface area contributed by atoms with Gasteiger partial charge in [0.1, 0.15) is 5.82 Å². The second kappa shape index (κ2) is 4.54. The number of aryl methyl sites for hydroxylation is 1. The van der Waals surface area contributed by atoms with Crippen molar-refractivity contribution < 1.29 is 0 Å². The highest BCUT2D eigenvalue weighted by molar-refractivity contribution is 6.31. The molecule has 0 radical (unpaired) electrons. The Labute approximate surface area is 100 Å². The van der Waals surface area contributed by atoms with Crippen molar-refractivity contribution in [2.75, 3.05) is 5.32 Å². The lowest BCUT2D eigenvalue weighted by Gasteiger charge is -2.10. The third-order valence-corrected chi connectivity index (χ3v) is 2.86.